The van der Waals surface area contributed by atoms with Crippen molar-refractivity contribution >= 4 is 18.0 Å². The van der Waals surface area contributed by atoms with E-state index < -0.39 is 41.6 Å². The number of benzene rings is 1. The molecule has 6 nitrogen and oxygen atoms in total. The van der Waals surface area contributed by atoms with Crippen LogP contribution in [0.1, 0.15) is 52.2 Å². The number of carbonyl (C=O) groups is 3. The Morgan fingerprint density at radius 3 is 2.48 bits per heavy atom. The van der Waals surface area contributed by atoms with Crippen LogP contribution in [0.25, 0.3) is 0 Å². The Labute approximate surface area is 160 Å². The minimum Gasteiger partial charge on any atom is -0.460 e. The lowest BCUT2D eigenvalue weighted by molar-refractivity contribution is -0.158. The van der Waals surface area contributed by atoms with Gasteiger partial charge in [0.2, 0.25) is 5.91 Å². The third kappa shape index (κ3) is 5.18. The predicted octanol–water partition coefficient (Wildman–Crippen LogP) is 4.02. The first-order valence-electron chi connectivity index (χ1n) is 9.05. The summed E-state index contributed by atoms with van der Waals surface area (Å²) in [6.07, 6.45) is 0.487. The number of hydrogen-bond acceptors (Lipinski definition) is 5. The third-order valence-electron chi connectivity index (χ3n) is 4.27. The highest BCUT2D eigenvalue weighted by molar-refractivity contribution is 5.96. The van der Waals surface area contributed by atoms with Gasteiger partial charge in [-0.1, -0.05) is 36.4 Å². The molecule has 1 aliphatic heterocycles. The summed E-state index contributed by atoms with van der Waals surface area (Å²) in [5.41, 5.74) is 0.179. The number of hydrogen-bond donors (Lipinski definition) is 0. The van der Waals surface area contributed by atoms with Gasteiger partial charge in [-0.3, -0.25) is 9.59 Å². The molecule has 0 spiro atoms. The van der Waals surface area contributed by atoms with E-state index >= 15 is 0 Å². The summed E-state index contributed by atoms with van der Waals surface area (Å²) in [5.74, 6) is -1.65. The van der Waals surface area contributed by atoms with E-state index in [9.17, 15) is 14.4 Å². The number of esters is 1. The Bertz CT molecular complexity index is 707. The molecule has 146 valence electrons. The van der Waals surface area contributed by atoms with Crippen LogP contribution in [0.15, 0.2) is 43.0 Å². The molecule has 0 N–H and O–H groups in total. The zero-order valence-corrected chi connectivity index (χ0v) is 16.3. The zero-order chi connectivity index (χ0) is 20.2. The number of amides is 2. The first kappa shape index (κ1) is 20.7. The fraction of sp³-hybridized carbons (Fsp3) is 0.476. The smallest absolute Gasteiger partial charge is 0.417 e. The van der Waals surface area contributed by atoms with E-state index in [0.717, 1.165) is 10.5 Å². The molecule has 0 unspecified atom stereocenters. The summed E-state index contributed by atoms with van der Waals surface area (Å²) < 4.78 is 10.7. The van der Waals surface area contributed by atoms with E-state index in [1.807, 2.05) is 30.3 Å². The van der Waals surface area contributed by atoms with Gasteiger partial charge in [-0.15, -0.1) is 6.58 Å². The molecule has 0 saturated carbocycles. The van der Waals surface area contributed by atoms with Crippen molar-refractivity contribution in [3.63, 3.8) is 0 Å². The van der Waals surface area contributed by atoms with Gasteiger partial charge >= 0.3 is 12.1 Å². The Morgan fingerprint density at radius 2 is 1.93 bits per heavy atom. The van der Waals surface area contributed by atoms with Gasteiger partial charge in [0.1, 0.15) is 11.7 Å². The van der Waals surface area contributed by atoms with Crippen molar-refractivity contribution in [1.82, 2.24) is 4.90 Å². The van der Waals surface area contributed by atoms with E-state index in [-0.39, 0.29) is 12.8 Å². The number of imide groups is 1. The number of allylic oxidation sites excluding steroid dienone is 1. The number of cyclic esters (lactones) is 1. The minimum atomic E-state index is -0.720. The van der Waals surface area contributed by atoms with Gasteiger partial charge in [0.15, 0.2) is 0 Å². The molecule has 0 aromatic heterocycles. The van der Waals surface area contributed by atoms with Crippen LogP contribution < -0.4 is 0 Å². The van der Waals surface area contributed by atoms with E-state index in [1.165, 1.54) is 0 Å². The summed E-state index contributed by atoms with van der Waals surface area (Å²) >= 11 is 0. The Morgan fingerprint density at radius 1 is 1.30 bits per heavy atom. The average Bonchev–Trinajstić information content (AvgIpc) is 2.87. The lowest BCUT2D eigenvalue weighted by Gasteiger charge is -2.25. The highest BCUT2D eigenvalue weighted by Crippen LogP contribution is 2.34. The molecular formula is C21H27NO5. The van der Waals surface area contributed by atoms with Crippen LogP contribution in [0.5, 0.6) is 0 Å². The molecule has 3 atom stereocenters. The monoisotopic (exact) mass is 373 g/mol. The number of nitrogens with zero attached hydrogens (tertiary/aromatic N) is 1. The number of ether oxygens (including phenoxy) is 2. The van der Waals surface area contributed by atoms with Gasteiger partial charge in [-0.05, 0) is 39.7 Å². The van der Waals surface area contributed by atoms with Gasteiger partial charge in [0.25, 0.3) is 0 Å². The molecule has 0 radical (unpaired) electrons. The molecule has 0 aliphatic carbocycles. The van der Waals surface area contributed by atoms with Crippen LogP contribution in [0.4, 0.5) is 4.79 Å². The van der Waals surface area contributed by atoms with Crippen LogP contribution in [-0.4, -0.2) is 34.5 Å². The van der Waals surface area contributed by atoms with Gasteiger partial charge < -0.3 is 9.47 Å². The molecular weight excluding hydrogens is 346 g/mol. The van der Waals surface area contributed by atoms with Gasteiger partial charge in [0.05, 0.1) is 18.4 Å². The molecule has 2 rings (SSSR count). The Kier molecular flexibility index (Phi) is 6.41. The molecule has 1 saturated heterocycles. The van der Waals surface area contributed by atoms with Crippen LogP contribution in [0.2, 0.25) is 0 Å². The van der Waals surface area contributed by atoms with Crippen molar-refractivity contribution in [2.75, 3.05) is 0 Å². The van der Waals surface area contributed by atoms with Crippen LogP contribution >= 0.6 is 0 Å². The Hall–Kier alpha value is -2.63. The summed E-state index contributed by atoms with van der Waals surface area (Å²) in [6, 6.07) is 8.80. The summed E-state index contributed by atoms with van der Waals surface area (Å²) in [5, 5.41) is 0. The molecule has 6 heteroatoms. The fourth-order valence-electron chi connectivity index (χ4n) is 3.10. The maximum atomic E-state index is 13.0. The summed E-state index contributed by atoms with van der Waals surface area (Å²) in [6.45, 7) is 10.7. The van der Waals surface area contributed by atoms with Gasteiger partial charge in [0, 0.05) is 0 Å². The third-order valence-corrected chi connectivity index (χ3v) is 4.27. The predicted molar refractivity (Wildman–Crippen MR) is 101 cm³/mol. The second-order valence-corrected chi connectivity index (χ2v) is 7.68. The normalized spacial score (nSPS) is 20.7. The lowest BCUT2D eigenvalue weighted by Crippen LogP contribution is -2.42. The van der Waals surface area contributed by atoms with E-state index in [2.05, 4.69) is 6.58 Å². The second kappa shape index (κ2) is 8.37. The first-order valence-corrected chi connectivity index (χ1v) is 9.05. The molecule has 1 aromatic rings. The molecule has 2 amide bonds. The summed E-state index contributed by atoms with van der Waals surface area (Å²) in [4.78, 5) is 38.7. The minimum absolute atomic E-state index is 0.116. The van der Waals surface area contributed by atoms with E-state index in [1.54, 1.807) is 33.8 Å². The maximum Gasteiger partial charge on any atom is 0.417 e. The van der Waals surface area contributed by atoms with Crippen LogP contribution in [0.3, 0.4) is 0 Å². The molecule has 1 aromatic carbocycles. The average molecular weight is 373 g/mol. The molecule has 0 bridgehead atoms. The van der Waals surface area contributed by atoms with Crippen LogP contribution in [0, 0.1) is 5.92 Å². The van der Waals surface area contributed by atoms with E-state index in [4.69, 9.17) is 9.47 Å². The topological polar surface area (TPSA) is 72.9 Å². The van der Waals surface area contributed by atoms with Gasteiger partial charge in [-0.25, -0.2) is 9.69 Å². The van der Waals surface area contributed by atoms with E-state index in [0.29, 0.717) is 0 Å². The molecule has 1 aliphatic rings. The molecule has 27 heavy (non-hydrogen) atoms. The molecule has 1 heterocycles. The summed E-state index contributed by atoms with van der Waals surface area (Å²) in [7, 11) is 0. The zero-order valence-electron chi connectivity index (χ0n) is 16.3. The second-order valence-electron chi connectivity index (χ2n) is 7.68. The quantitative estimate of drug-likeness (QED) is 0.556. The van der Waals surface area contributed by atoms with Crippen molar-refractivity contribution in [2.24, 2.45) is 5.92 Å². The van der Waals surface area contributed by atoms with Gasteiger partial charge in [-0.2, -0.15) is 0 Å². The number of carbonyl (C=O) groups excluding carboxylic acids is 3. The van der Waals surface area contributed by atoms with Crippen molar-refractivity contribution in [1.29, 1.82) is 0 Å². The fourth-order valence-corrected chi connectivity index (χ4v) is 3.10. The number of rotatable bonds is 6. The van der Waals surface area contributed by atoms with Crippen LogP contribution in [-0.2, 0) is 19.1 Å². The Balaban J connectivity index is 2.15. The lowest BCUT2D eigenvalue weighted by atomic mass is 9.97. The van der Waals surface area contributed by atoms with Crippen molar-refractivity contribution in [3.05, 3.63) is 48.6 Å². The van der Waals surface area contributed by atoms with Crippen molar-refractivity contribution in [2.45, 2.75) is 58.3 Å². The highest BCUT2D eigenvalue weighted by Gasteiger charge is 2.45. The largest absolute Gasteiger partial charge is 0.460 e. The SMILES string of the molecule is C=CC[C@@H](CC(=O)OC(C)(C)C)C(=O)N1C(=O)O[C@@H](c2ccccc2)[C@H]1C. The maximum absolute atomic E-state index is 13.0. The van der Waals surface area contributed by atoms with Crippen molar-refractivity contribution < 1.29 is 23.9 Å². The van der Waals surface area contributed by atoms with Crippen molar-refractivity contribution in [3.8, 4) is 0 Å². The first-order chi connectivity index (χ1) is 12.6. The standard InChI is InChI=1S/C21H27NO5/c1-6-10-16(13-17(23)27-21(3,4)5)19(24)22-14(2)18(26-20(22)25)15-11-8-7-9-12-15/h6-9,11-12,14,16,18H,1,10,13H2,2-5H3/t14-,16+,18-/m1/s1. The molecule has 1 fully saturated rings. The highest BCUT2D eigenvalue weighted by atomic mass is 16.6.